The van der Waals surface area contributed by atoms with Crippen LogP contribution in [0.15, 0.2) is 18.6 Å². The van der Waals surface area contributed by atoms with E-state index in [2.05, 4.69) is 25.8 Å². The quantitative estimate of drug-likeness (QED) is 0.855. The summed E-state index contributed by atoms with van der Waals surface area (Å²) in [5, 5.41) is 1.03. The minimum Gasteiger partial charge on any atom is -0.354 e. The Labute approximate surface area is 134 Å². The van der Waals surface area contributed by atoms with Crippen molar-refractivity contribution in [2.75, 3.05) is 24.5 Å². The van der Waals surface area contributed by atoms with Gasteiger partial charge in [0, 0.05) is 25.8 Å². The summed E-state index contributed by atoms with van der Waals surface area (Å²) < 4.78 is 0. The number of nitrogens with one attached hydrogen (secondary N) is 1. The first kappa shape index (κ1) is 14.1. The number of amides is 1. The topological polar surface area (TPSA) is 65.1 Å². The third kappa shape index (κ3) is 2.15. The first-order valence-electron chi connectivity index (χ1n) is 8.00. The van der Waals surface area contributed by atoms with Crippen molar-refractivity contribution in [3.8, 4) is 12.3 Å². The number of rotatable bonds is 2. The number of nitrogens with zero attached hydrogens (tertiary/aromatic N) is 4. The molecule has 4 rings (SSSR count). The molecule has 1 atom stereocenters. The summed E-state index contributed by atoms with van der Waals surface area (Å²) in [7, 11) is 0. The van der Waals surface area contributed by atoms with E-state index in [-0.39, 0.29) is 17.9 Å². The van der Waals surface area contributed by atoms with Gasteiger partial charge in [-0.1, -0.05) is 5.92 Å². The molecule has 2 aliphatic heterocycles. The standard InChI is InChI=1S/C17H19N5O/c1-2-4-14(23)22-10-7-17(22)6-3-9-21(11-17)16-13-5-8-18-15(13)19-12-20-16/h1,5,8,12H,3-4,6-7,9-11H2,(H,18,19,20)/t17-/m1/s1. The first-order valence-corrected chi connectivity index (χ1v) is 8.00. The molecule has 23 heavy (non-hydrogen) atoms. The first-order chi connectivity index (χ1) is 11.2. The van der Waals surface area contributed by atoms with Crippen LogP contribution in [0.1, 0.15) is 25.7 Å². The van der Waals surface area contributed by atoms with Crippen molar-refractivity contribution < 1.29 is 4.79 Å². The second kappa shape index (κ2) is 5.27. The van der Waals surface area contributed by atoms with Crippen LogP contribution in [0.25, 0.3) is 11.0 Å². The summed E-state index contributed by atoms with van der Waals surface area (Å²) in [5.74, 6) is 3.50. The van der Waals surface area contributed by atoms with E-state index in [4.69, 9.17) is 6.42 Å². The lowest BCUT2D eigenvalue weighted by Crippen LogP contribution is -2.68. The predicted octanol–water partition coefficient (Wildman–Crippen LogP) is 1.55. The minimum absolute atomic E-state index is 0.0697. The Morgan fingerprint density at radius 3 is 3.09 bits per heavy atom. The summed E-state index contributed by atoms with van der Waals surface area (Å²) >= 11 is 0. The number of aromatic nitrogens is 3. The zero-order chi connectivity index (χ0) is 15.9. The Kier molecular flexibility index (Phi) is 3.22. The number of carbonyl (C=O) groups excluding carboxylic acids is 1. The number of carbonyl (C=O) groups is 1. The van der Waals surface area contributed by atoms with Gasteiger partial charge in [-0.05, 0) is 25.3 Å². The van der Waals surface area contributed by atoms with Crippen molar-refractivity contribution in [2.45, 2.75) is 31.2 Å². The second-order valence-corrected chi connectivity index (χ2v) is 6.36. The average Bonchev–Trinajstić information content (AvgIpc) is 3.02. The van der Waals surface area contributed by atoms with Crippen LogP contribution in [-0.4, -0.2) is 50.9 Å². The highest BCUT2D eigenvalue weighted by Gasteiger charge is 2.49. The third-order valence-corrected chi connectivity index (χ3v) is 5.12. The van der Waals surface area contributed by atoms with Gasteiger partial charge in [-0.15, -0.1) is 6.42 Å². The molecule has 0 aliphatic carbocycles. The zero-order valence-electron chi connectivity index (χ0n) is 13.0. The fourth-order valence-electron chi connectivity index (χ4n) is 3.94. The number of terminal acetylenes is 1. The number of piperidine rings is 1. The van der Waals surface area contributed by atoms with Crippen molar-refractivity contribution in [1.82, 2.24) is 19.9 Å². The smallest absolute Gasteiger partial charge is 0.235 e. The zero-order valence-corrected chi connectivity index (χ0v) is 13.0. The molecule has 0 unspecified atom stereocenters. The molecular formula is C17H19N5O. The van der Waals surface area contributed by atoms with Crippen LogP contribution in [0.4, 0.5) is 5.82 Å². The van der Waals surface area contributed by atoms with E-state index in [1.807, 2.05) is 17.2 Å². The third-order valence-electron chi connectivity index (χ3n) is 5.12. The summed E-state index contributed by atoms with van der Waals surface area (Å²) in [4.78, 5) is 28.4. The van der Waals surface area contributed by atoms with E-state index in [0.717, 1.165) is 55.7 Å². The van der Waals surface area contributed by atoms with Gasteiger partial charge in [0.25, 0.3) is 0 Å². The molecule has 1 amide bonds. The lowest BCUT2D eigenvalue weighted by molar-refractivity contribution is -0.147. The Balaban J connectivity index is 1.62. The minimum atomic E-state index is -0.0697. The Morgan fingerprint density at radius 1 is 1.39 bits per heavy atom. The highest BCUT2D eigenvalue weighted by atomic mass is 16.2. The van der Waals surface area contributed by atoms with E-state index >= 15 is 0 Å². The van der Waals surface area contributed by atoms with Gasteiger partial charge in [0.2, 0.25) is 5.91 Å². The van der Waals surface area contributed by atoms with E-state index in [9.17, 15) is 4.79 Å². The van der Waals surface area contributed by atoms with E-state index < -0.39 is 0 Å². The summed E-state index contributed by atoms with van der Waals surface area (Å²) in [6, 6.07) is 2.01. The molecule has 6 heteroatoms. The molecular weight excluding hydrogens is 290 g/mol. The van der Waals surface area contributed by atoms with Gasteiger partial charge in [-0.25, -0.2) is 9.97 Å². The van der Waals surface area contributed by atoms with Crippen LogP contribution in [0, 0.1) is 12.3 Å². The average molecular weight is 309 g/mol. The van der Waals surface area contributed by atoms with Crippen molar-refractivity contribution in [3.63, 3.8) is 0 Å². The molecule has 0 aromatic carbocycles. The molecule has 2 aromatic heterocycles. The monoisotopic (exact) mass is 309 g/mol. The van der Waals surface area contributed by atoms with Crippen molar-refractivity contribution in [1.29, 1.82) is 0 Å². The van der Waals surface area contributed by atoms with Crippen LogP contribution in [-0.2, 0) is 4.79 Å². The maximum absolute atomic E-state index is 12.2. The molecule has 2 saturated heterocycles. The van der Waals surface area contributed by atoms with Gasteiger partial charge in [0.1, 0.15) is 17.8 Å². The molecule has 0 radical (unpaired) electrons. The number of fused-ring (bicyclic) bond motifs is 1. The lowest BCUT2D eigenvalue weighted by Gasteiger charge is -2.57. The highest BCUT2D eigenvalue weighted by molar-refractivity contribution is 5.87. The van der Waals surface area contributed by atoms with Crippen LogP contribution in [0.5, 0.6) is 0 Å². The molecule has 4 heterocycles. The van der Waals surface area contributed by atoms with E-state index in [1.54, 1.807) is 6.33 Å². The Morgan fingerprint density at radius 2 is 2.30 bits per heavy atom. The SMILES string of the molecule is C#CCC(=O)N1CC[C@@]12CCCN(c1ncnc3[nH]ccc13)C2. The summed E-state index contributed by atoms with van der Waals surface area (Å²) in [6.45, 7) is 2.59. The van der Waals surface area contributed by atoms with Crippen molar-refractivity contribution in [3.05, 3.63) is 18.6 Å². The molecule has 6 nitrogen and oxygen atoms in total. The maximum atomic E-state index is 12.2. The molecule has 118 valence electrons. The van der Waals surface area contributed by atoms with Crippen LogP contribution in [0.3, 0.4) is 0 Å². The lowest BCUT2D eigenvalue weighted by atomic mass is 9.77. The highest BCUT2D eigenvalue weighted by Crippen LogP contribution is 2.40. The van der Waals surface area contributed by atoms with Crippen LogP contribution < -0.4 is 4.90 Å². The number of aromatic amines is 1. The number of hydrogen-bond donors (Lipinski definition) is 1. The normalized spacial score (nSPS) is 23.8. The molecule has 1 N–H and O–H groups in total. The summed E-state index contributed by atoms with van der Waals surface area (Å²) in [6.07, 6.45) is 12.1. The number of hydrogen-bond acceptors (Lipinski definition) is 4. The Bertz CT molecular complexity index is 792. The Hall–Kier alpha value is -2.55. The number of likely N-dealkylation sites (tertiary alicyclic amines) is 1. The van der Waals surface area contributed by atoms with Gasteiger partial charge in [0.15, 0.2) is 0 Å². The van der Waals surface area contributed by atoms with Crippen molar-refractivity contribution >= 4 is 22.8 Å². The second-order valence-electron chi connectivity index (χ2n) is 6.36. The predicted molar refractivity (Wildman–Crippen MR) is 87.8 cm³/mol. The van der Waals surface area contributed by atoms with Crippen LogP contribution >= 0.6 is 0 Å². The largest absolute Gasteiger partial charge is 0.354 e. The number of H-pyrrole nitrogens is 1. The van der Waals surface area contributed by atoms with Crippen molar-refractivity contribution in [2.24, 2.45) is 0 Å². The van der Waals surface area contributed by atoms with E-state index in [0.29, 0.717) is 0 Å². The van der Waals surface area contributed by atoms with Gasteiger partial charge in [-0.3, -0.25) is 4.79 Å². The molecule has 0 bridgehead atoms. The molecule has 2 aliphatic rings. The van der Waals surface area contributed by atoms with Gasteiger partial charge >= 0.3 is 0 Å². The molecule has 0 saturated carbocycles. The maximum Gasteiger partial charge on any atom is 0.235 e. The fourth-order valence-corrected chi connectivity index (χ4v) is 3.94. The number of anilines is 1. The van der Waals surface area contributed by atoms with Gasteiger partial charge in [-0.2, -0.15) is 0 Å². The molecule has 2 fully saturated rings. The van der Waals surface area contributed by atoms with Crippen LogP contribution in [0.2, 0.25) is 0 Å². The molecule has 2 aromatic rings. The fraction of sp³-hybridized carbons (Fsp3) is 0.471. The van der Waals surface area contributed by atoms with Gasteiger partial charge in [0.05, 0.1) is 17.3 Å². The molecule has 1 spiro atoms. The van der Waals surface area contributed by atoms with E-state index in [1.165, 1.54) is 0 Å². The van der Waals surface area contributed by atoms with Gasteiger partial charge < -0.3 is 14.8 Å². The summed E-state index contributed by atoms with van der Waals surface area (Å²) in [5.41, 5.74) is 0.781.